The quantitative estimate of drug-likeness (QED) is 0.391. The van der Waals surface area contributed by atoms with Crippen LogP contribution in [0.3, 0.4) is 0 Å². The first kappa shape index (κ1) is 16.5. The van der Waals surface area contributed by atoms with Gasteiger partial charge in [-0.15, -0.1) is 11.3 Å². The molecule has 106 valence electrons. The lowest BCUT2D eigenvalue weighted by molar-refractivity contribution is 1.50. The third-order valence-corrected chi connectivity index (χ3v) is 4.26. The van der Waals surface area contributed by atoms with Gasteiger partial charge in [-0.05, 0) is 32.4 Å². The number of hydrogen-bond donors (Lipinski definition) is 0. The number of benzene rings is 2. The Labute approximate surface area is 126 Å². The van der Waals surface area contributed by atoms with Crippen molar-refractivity contribution in [3.05, 3.63) is 60.2 Å². The first-order valence-corrected chi connectivity index (χ1v) is 8.03. The van der Waals surface area contributed by atoms with Gasteiger partial charge in [0.15, 0.2) is 0 Å². The second-order valence-corrected chi connectivity index (χ2v) is 5.27. The van der Waals surface area contributed by atoms with E-state index in [4.69, 9.17) is 0 Å². The molecule has 0 N–H and O–H groups in total. The van der Waals surface area contributed by atoms with Crippen LogP contribution in [0.5, 0.6) is 0 Å². The van der Waals surface area contributed by atoms with Crippen LogP contribution in [0.15, 0.2) is 54.6 Å². The van der Waals surface area contributed by atoms with E-state index in [2.05, 4.69) is 49.4 Å². The molecule has 0 aliphatic rings. The molecule has 1 aromatic heterocycles. The maximum Gasteiger partial charge on any atom is 0.0384 e. The molecule has 0 radical (unpaired) electrons. The average Bonchev–Trinajstić information content (AvgIpc) is 2.90. The maximum atomic E-state index is 2.21. The Morgan fingerprint density at radius 3 is 2.05 bits per heavy atom. The summed E-state index contributed by atoms with van der Waals surface area (Å²) < 4.78 is 2.81. The zero-order chi connectivity index (χ0) is 15.0. The van der Waals surface area contributed by atoms with Gasteiger partial charge in [0.1, 0.15) is 0 Å². The molecule has 0 aliphatic carbocycles. The predicted octanol–water partition coefficient (Wildman–Crippen LogP) is 6.97. The van der Waals surface area contributed by atoms with Crippen molar-refractivity contribution in [2.24, 2.45) is 0 Å². The monoisotopic (exact) mass is 284 g/mol. The van der Waals surface area contributed by atoms with E-state index in [-0.39, 0.29) is 0 Å². The SMILES string of the molecule is C/C=C\C.CC.Cc1cccc2c1sc1ccccc12. The molecule has 0 saturated carbocycles. The standard InChI is InChI=1S/C13H10S.C4H8.C2H6/c1-9-5-4-7-11-10-6-2-3-8-12(10)14-13(9)11;1-3-4-2;1-2/h2-8H,1H3;3-4H,1-2H3;1-2H3/b;4-3-;. The second-order valence-electron chi connectivity index (χ2n) is 4.22. The Hall–Kier alpha value is -1.60. The highest BCUT2D eigenvalue weighted by atomic mass is 32.1. The van der Waals surface area contributed by atoms with Gasteiger partial charge in [-0.3, -0.25) is 0 Å². The van der Waals surface area contributed by atoms with E-state index < -0.39 is 0 Å². The Balaban J connectivity index is 0.000000291. The van der Waals surface area contributed by atoms with Crippen LogP contribution >= 0.6 is 11.3 Å². The third kappa shape index (κ3) is 3.71. The number of thiophene rings is 1. The molecule has 0 fully saturated rings. The summed E-state index contributed by atoms with van der Waals surface area (Å²) in [5.74, 6) is 0. The summed E-state index contributed by atoms with van der Waals surface area (Å²) in [6.07, 6.45) is 4.00. The fourth-order valence-electron chi connectivity index (χ4n) is 1.89. The predicted molar refractivity (Wildman–Crippen MR) is 95.9 cm³/mol. The van der Waals surface area contributed by atoms with Gasteiger partial charge in [-0.25, -0.2) is 0 Å². The molecule has 0 bridgehead atoms. The smallest absolute Gasteiger partial charge is 0.0384 e. The van der Waals surface area contributed by atoms with Crippen molar-refractivity contribution in [3.8, 4) is 0 Å². The minimum absolute atomic E-state index is 1.38. The lowest BCUT2D eigenvalue weighted by Gasteiger charge is -1.93. The largest absolute Gasteiger partial charge is 0.135 e. The molecule has 1 heteroatoms. The molecular formula is C19H24S. The molecule has 2 aromatic carbocycles. The van der Waals surface area contributed by atoms with E-state index in [9.17, 15) is 0 Å². The van der Waals surface area contributed by atoms with E-state index in [0.717, 1.165) is 0 Å². The van der Waals surface area contributed by atoms with Gasteiger partial charge in [0, 0.05) is 20.2 Å². The van der Waals surface area contributed by atoms with Crippen LogP contribution in [0, 0.1) is 6.92 Å². The Kier molecular flexibility index (Phi) is 7.03. The molecule has 0 spiro atoms. The molecular weight excluding hydrogens is 260 g/mol. The van der Waals surface area contributed by atoms with Gasteiger partial charge in [-0.2, -0.15) is 0 Å². The van der Waals surface area contributed by atoms with Gasteiger partial charge in [0.05, 0.1) is 0 Å². The van der Waals surface area contributed by atoms with Crippen LogP contribution in [0.25, 0.3) is 20.2 Å². The minimum atomic E-state index is 1.38. The summed E-state index contributed by atoms with van der Waals surface area (Å²) in [6, 6.07) is 15.1. The highest BCUT2D eigenvalue weighted by Gasteiger charge is 2.04. The molecule has 0 nitrogen and oxygen atoms in total. The first-order valence-electron chi connectivity index (χ1n) is 7.22. The molecule has 3 rings (SSSR count). The Morgan fingerprint density at radius 2 is 1.40 bits per heavy atom. The van der Waals surface area contributed by atoms with Gasteiger partial charge < -0.3 is 0 Å². The molecule has 0 unspecified atom stereocenters. The van der Waals surface area contributed by atoms with E-state index in [0.29, 0.717) is 0 Å². The van der Waals surface area contributed by atoms with Crippen molar-refractivity contribution < 1.29 is 0 Å². The highest BCUT2D eigenvalue weighted by Crippen LogP contribution is 2.35. The van der Waals surface area contributed by atoms with E-state index in [1.165, 1.54) is 25.7 Å². The van der Waals surface area contributed by atoms with Crippen LogP contribution < -0.4 is 0 Å². The molecule has 0 atom stereocenters. The van der Waals surface area contributed by atoms with Crippen molar-refractivity contribution in [1.29, 1.82) is 0 Å². The van der Waals surface area contributed by atoms with Crippen molar-refractivity contribution in [3.63, 3.8) is 0 Å². The summed E-state index contributed by atoms with van der Waals surface area (Å²) in [4.78, 5) is 0. The van der Waals surface area contributed by atoms with Crippen molar-refractivity contribution in [2.45, 2.75) is 34.6 Å². The summed E-state index contributed by atoms with van der Waals surface area (Å²) in [5.41, 5.74) is 1.38. The molecule has 0 saturated heterocycles. The lowest BCUT2D eigenvalue weighted by Crippen LogP contribution is -1.69. The zero-order valence-electron chi connectivity index (χ0n) is 13.1. The number of aryl methyl sites for hydroxylation is 1. The van der Waals surface area contributed by atoms with Gasteiger partial charge >= 0.3 is 0 Å². The van der Waals surface area contributed by atoms with Crippen LogP contribution in [-0.4, -0.2) is 0 Å². The molecule has 0 amide bonds. The van der Waals surface area contributed by atoms with Crippen LogP contribution in [-0.2, 0) is 0 Å². The summed E-state index contributed by atoms with van der Waals surface area (Å²) in [7, 11) is 0. The second kappa shape index (κ2) is 8.55. The molecule has 3 aromatic rings. The number of fused-ring (bicyclic) bond motifs is 3. The van der Waals surface area contributed by atoms with Gasteiger partial charge in [-0.1, -0.05) is 62.4 Å². The maximum absolute atomic E-state index is 2.21. The van der Waals surface area contributed by atoms with Crippen LogP contribution in [0.4, 0.5) is 0 Å². The Bertz CT molecular complexity index is 670. The normalized spacial score (nSPS) is 10.1. The first-order chi connectivity index (χ1) is 9.77. The molecule has 1 heterocycles. The number of rotatable bonds is 0. The fraction of sp³-hybridized carbons (Fsp3) is 0.263. The fourth-order valence-corrected chi connectivity index (χ4v) is 3.06. The van der Waals surface area contributed by atoms with Gasteiger partial charge in [0.25, 0.3) is 0 Å². The number of allylic oxidation sites excluding steroid dienone is 2. The van der Waals surface area contributed by atoms with Crippen molar-refractivity contribution in [1.82, 2.24) is 0 Å². The highest BCUT2D eigenvalue weighted by molar-refractivity contribution is 7.26. The van der Waals surface area contributed by atoms with Crippen LogP contribution in [0.2, 0.25) is 0 Å². The summed E-state index contributed by atoms with van der Waals surface area (Å²) in [5, 5.41) is 2.78. The van der Waals surface area contributed by atoms with Gasteiger partial charge in [0.2, 0.25) is 0 Å². The van der Waals surface area contributed by atoms with Crippen LogP contribution in [0.1, 0.15) is 33.3 Å². The van der Waals surface area contributed by atoms with Crippen molar-refractivity contribution >= 4 is 31.5 Å². The van der Waals surface area contributed by atoms with E-state index >= 15 is 0 Å². The topological polar surface area (TPSA) is 0 Å². The molecule has 20 heavy (non-hydrogen) atoms. The van der Waals surface area contributed by atoms with Crippen molar-refractivity contribution in [2.75, 3.05) is 0 Å². The number of hydrogen-bond acceptors (Lipinski definition) is 1. The Morgan fingerprint density at radius 1 is 0.800 bits per heavy atom. The summed E-state index contributed by atoms with van der Waals surface area (Å²) in [6.45, 7) is 10.2. The third-order valence-electron chi connectivity index (χ3n) is 2.93. The lowest BCUT2D eigenvalue weighted by atomic mass is 10.1. The van der Waals surface area contributed by atoms with E-state index in [1.807, 2.05) is 51.2 Å². The molecule has 0 aliphatic heterocycles. The van der Waals surface area contributed by atoms with E-state index in [1.54, 1.807) is 0 Å². The summed E-state index contributed by atoms with van der Waals surface area (Å²) >= 11 is 1.89. The zero-order valence-corrected chi connectivity index (χ0v) is 13.9. The average molecular weight is 284 g/mol. The minimum Gasteiger partial charge on any atom is -0.135 e.